The highest BCUT2D eigenvalue weighted by Gasteiger charge is 2.31. The van der Waals surface area contributed by atoms with Crippen LogP contribution in [0.2, 0.25) is 5.02 Å². The van der Waals surface area contributed by atoms with E-state index in [1.165, 1.54) is 0 Å². The van der Waals surface area contributed by atoms with E-state index >= 15 is 0 Å². The van der Waals surface area contributed by atoms with E-state index in [2.05, 4.69) is 10.2 Å². The van der Waals surface area contributed by atoms with Gasteiger partial charge in [-0.05, 0) is 50.6 Å². The van der Waals surface area contributed by atoms with Crippen molar-refractivity contribution >= 4 is 35.2 Å². The maximum atomic E-state index is 13.5. The van der Waals surface area contributed by atoms with Crippen molar-refractivity contribution in [1.82, 2.24) is 15.1 Å². The number of nitrogens with one attached hydrogen (secondary N) is 1. The molecular weight excluding hydrogens is 480 g/mol. The van der Waals surface area contributed by atoms with E-state index < -0.39 is 17.7 Å². The molecule has 9 heteroatoms. The average Bonchev–Trinajstić information content (AvgIpc) is 2.83. The van der Waals surface area contributed by atoms with Gasteiger partial charge in [-0.2, -0.15) is 0 Å². The van der Waals surface area contributed by atoms with Crippen LogP contribution in [0, 0.1) is 0 Å². The molecule has 1 fully saturated rings. The first-order valence-corrected chi connectivity index (χ1v) is 12.4. The Morgan fingerprint density at radius 1 is 1.00 bits per heavy atom. The molecule has 0 unspecified atom stereocenters. The summed E-state index contributed by atoms with van der Waals surface area (Å²) in [6.45, 7) is 7.42. The number of alkyl carbamates (subject to hydrolysis) is 1. The van der Waals surface area contributed by atoms with Crippen LogP contribution in [0.15, 0.2) is 48.5 Å². The number of amides is 3. The highest BCUT2D eigenvalue weighted by atomic mass is 35.5. The molecule has 2 aromatic carbocycles. The topological polar surface area (TPSA) is 82.2 Å². The monoisotopic (exact) mass is 514 g/mol. The Morgan fingerprint density at radius 2 is 1.61 bits per heavy atom. The number of ether oxygens (including phenoxy) is 1. The van der Waals surface area contributed by atoms with Gasteiger partial charge in [0.1, 0.15) is 11.6 Å². The van der Waals surface area contributed by atoms with Gasteiger partial charge in [0.15, 0.2) is 0 Å². The zero-order valence-corrected chi connectivity index (χ0v) is 22.3. The Kier molecular flexibility index (Phi) is 8.84. The van der Waals surface area contributed by atoms with E-state index in [4.69, 9.17) is 16.3 Å². The second kappa shape index (κ2) is 11.6. The molecule has 1 atom stereocenters. The van der Waals surface area contributed by atoms with Crippen LogP contribution < -0.4 is 10.2 Å². The van der Waals surface area contributed by atoms with E-state index in [9.17, 15) is 14.4 Å². The lowest BCUT2D eigenvalue weighted by Gasteiger charge is -2.38. The number of nitrogens with zero attached hydrogens (tertiary/aromatic N) is 3. The van der Waals surface area contributed by atoms with Gasteiger partial charge in [0.2, 0.25) is 5.91 Å². The van der Waals surface area contributed by atoms with Gasteiger partial charge in [-0.25, -0.2) is 4.79 Å². The van der Waals surface area contributed by atoms with Crippen molar-refractivity contribution in [2.24, 2.45) is 0 Å². The largest absolute Gasteiger partial charge is 0.444 e. The van der Waals surface area contributed by atoms with Gasteiger partial charge >= 0.3 is 6.09 Å². The Bertz CT molecular complexity index is 1070. The fourth-order valence-electron chi connectivity index (χ4n) is 4.07. The first-order valence-electron chi connectivity index (χ1n) is 12.0. The highest BCUT2D eigenvalue weighted by Crippen LogP contribution is 2.23. The molecule has 0 spiro atoms. The van der Waals surface area contributed by atoms with Crippen molar-refractivity contribution in [2.45, 2.75) is 38.8 Å². The van der Waals surface area contributed by atoms with Gasteiger partial charge in [0, 0.05) is 57.4 Å². The fourth-order valence-corrected chi connectivity index (χ4v) is 4.19. The number of para-hydroxylation sites is 1. The van der Waals surface area contributed by atoms with Gasteiger partial charge in [0.05, 0.1) is 5.56 Å². The number of anilines is 1. The van der Waals surface area contributed by atoms with Crippen LogP contribution in [0.3, 0.4) is 0 Å². The Balaban J connectivity index is 1.72. The number of piperazine rings is 1. The Morgan fingerprint density at radius 3 is 2.19 bits per heavy atom. The summed E-state index contributed by atoms with van der Waals surface area (Å²) in [5.41, 5.74) is 1.69. The molecule has 194 valence electrons. The first-order chi connectivity index (χ1) is 16.9. The van der Waals surface area contributed by atoms with Gasteiger partial charge in [-0.1, -0.05) is 35.9 Å². The van der Waals surface area contributed by atoms with Crippen LogP contribution in [-0.2, 0) is 16.0 Å². The molecule has 0 aliphatic carbocycles. The summed E-state index contributed by atoms with van der Waals surface area (Å²) < 4.78 is 5.41. The average molecular weight is 515 g/mol. The van der Waals surface area contributed by atoms with Crippen LogP contribution in [0.25, 0.3) is 0 Å². The van der Waals surface area contributed by atoms with Gasteiger partial charge in [0.25, 0.3) is 5.91 Å². The van der Waals surface area contributed by atoms with Crippen molar-refractivity contribution in [3.8, 4) is 0 Å². The zero-order chi connectivity index (χ0) is 26.5. The molecule has 0 radical (unpaired) electrons. The summed E-state index contributed by atoms with van der Waals surface area (Å²) in [6.07, 6.45) is -0.320. The minimum atomic E-state index is -0.782. The molecule has 1 saturated heterocycles. The van der Waals surface area contributed by atoms with Gasteiger partial charge < -0.3 is 24.8 Å². The molecule has 1 aliphatic rings. The molecule has 3 amide bonds. The minimum absolute atomic E-state index is 0.0614. The molecule has 0 saturated carbocycles. The molecule has 3 rings (SSSR count). The van der Waals surface area contributed by atoms with E-state index in [1.807, 2.05) is 36.4 Å². The predicted molar refractivity (Wildman–Crippen MR) is 142 cm³/mol. The zero-order valence-electron chi connectivity index (χ0n) is 21.6. The second-order valence-corrected chi connectivity index (χ2v) is 10.5. The molecule has 0 aromatic heterocycles. The summed E-state index contributed by atoms with van der Waals surface area (Å²) in [4.78, 5) is 44.1. The quantitative estimate of drug-likeness (QED) is 0.633. The molecule has 8 nitrogen and oxygen atoms in total. The van der Waals surface area contributed by atoms with Crippen molar-refractivity contribution in [3.05, 3.63) is 64.7 Å². The molecule has 2 aromatic rings. The lowest BCUT2D eigenvalue weighted by Crippen LogP contribution is -2.56. The van der Waals surface area contributed by atoms with Gasteiger partial charge in [-0.3, -0.25) is 9.59 Å². The summed E-state index contributed by atoms with van der Waals surface area (Å²) in [7, 11) is 3.46. The molecule has 1 heterocycles. The van der Waals surface area contributed by atoms with Crippen LogP contribution >= 0.6 is 11.6 Å². The third kappa shape index (κ3) is 7.37. The SMILES string of the molecule is CN(C)C(=O)c1ccccc1N1CCN(C(=O)[C@@H](Cc2ccc(Cl)cc2)NC(=O)OC(C)(C)C)CC1. The summed E-state index contributed by atoms with van der Waals surface area (Å²) in [6, 6.07) is 13.9. The summed E-state index contributed by atoms with van der Waals surface area (Å²) in [5, 5.41) is 3.37. The van der Waals surface area contributed by atoms with Gasteiger partial charge in [-0.15, -0.1) is 0 Å². The normalized spacial score (nSPS) is 14.7. The van der Waals surface area contributed by atoms with E-state index in [0.29, 0.717) is 43.2 Å². The Labute approximate surface area is 218 Å². The third-order valence-corrected chi connectivity index (χ3v) is 6.07. The van der Waals surface area contributed by atoms with Crippen LogP contribution in [0.5, 0.6) is 0 Å². The predicted octanol–water partition coefficient (Wildman–Crippen LogP) is 3.83. The highest BCUT2D eigenvalue weighted by molar-refractivity contribution is 6.30. The number of benzene rings is 2. The minimum Gasteiger partial charge on any atom is -0.444 e. The molecule has 36 heavy (non-hydrogen) atoms. The van der Waals surface area contributed by atoms with E-state index in [0.717, 1.165) is 11.3 Å². The lowest BCUT2D eigenvalue weighted by atomic mass is 10.0. The maximum Gasteiger partial charge on any atom is 0.408 e. The second-order valence-electron chi connectivity index (χ2n) is 10.1. The molecule has 1 N–H and O–H groups in total. The van der Waals surface area contributed by atoms with Crippen molar-refractivity contribution in [1.29, 1.82) is 0 Å². The Hall–Kier alpha value is -3.26. The standard InChI is InChI=1S/C27H35ClN4O4/c1-27(2,3)36-26(35)29-22(18-19-10-12-20(28)13-11-19)25(34)32-16-14-31(15-17-32)23-9-7-6-8-21(23)24(33)30(4)5/h6-13,22H,14-18H2,1-5H3,(H,29,35)/t22-/m1/s1. The number of halogens is 1. The number of rotatable bonds is 6. The maximum absolute atomic E-state index is 13.5. The van der Waals surface area contributed by atoms with Crippen LogP contribution in [0.4, 0.5) is 10.5 Å². The molecular formula is C27H35ClN4O4. The summed E-state index contributed by atoms with van der Waals surface area (Å²) >= 11 is 6.01. The number of carbonyl (C=O) groups is 3. The molecule has 1 aliphatic heterocycles. The number of carbonyl (C=O) groups excluding carboxylic acids is 3. The van der Waals surface area contributed by atoms with Crippen molar-refractivity contribution in [2.75, 3.05) is 45.2 Å². The smallest absolute Gasteiger partial charge is 0.408 e. The van der Waals surface area contributed by atoms with Crippen LogP contribution in [0.1, 0.15) is 36.7 Å². The van der Waals surface area contributed by atoms with Crippen LogP contribution in [-0.4, -0.2) is 79.6 Å². The fraction of sp³-hybridized carbons (Fsp3) is 0.444. The molecule has 0 bridgehead atoms. The number of hydrogen-bond acceptors (Lipinski definition) is 5. The van der Waals surface area contributed by atoms with E-state index in [1.54, 1.807) is 56.8 Å². The third-order valence-electron chi connectivity index (χ3n) is 5.81. The lowest BCUT2D eigenvalue weighted by molar-refractivity contribution is -0.133. The van der Waals surface area contributed by atoms with Crippen molar-refractivity contribution in [3.63, 3.8) is 0 Å². The van der Waals surface area contributed by atoms with Crippen molar-refractivity contribution < 1.29 is 19.1 Å². The number of hydrogen-bond donors (Lipinski definition) is 1. The summed E-state index contributed by atoms with van der Waals surface area (Å²) in [5.74, 6) is -0.234. The first kappa shape index (κ1) is 27.3. The van der Waals surface area contributed by atoms with E-state index in [-0.39, 0.29) is 11.8 Å².